The average Bonchev–Trinajstić information content (AvgIpc) is 2.74. The highest BCUT2D eigenvalue weighted by Crippen LogP contribution is 2.30. The fourth-order valence-corrected chi connectivity index (χ4v) is 2.84. The van der Waals surface area contributed by atoms with Crippen LogP contribution in [0.25, 0.3) is 0 Å². The van der Waals surface area contributed by atoms with Crippen LogP contribution >= 0.6 is 12.4 Å². The third kappa shape index (κ3) is 2.04. The summed E-state index contributed by atoms with van der Waals surface area (Å²) in [6, 6.07) is 9.58. The Balaban J connectivity index is 0.000000963. The van der Waals surface area contributed by atoms with E-state index in [0.29, 0.717) is 0 Å². The van der Waals surface area contributed by atoms with Crippen molar-refractivity contribution in [3.63, 3.8) is 0 Å². The predicted molar refractivity (Wildman–Crippen MR) is 70.6 cm³/mol. The molecule has 2 heterocycles. The third-order valence-corrected chi connectivity index (χ3v) is 3.63. The van der Waals surface area contributed by atoms with Crippen LogP contribution in [-0.2, 0) is 6.42 Å². The number of halogens is 1. The van der Waals surface area contributed by atoms with Gasteiger partial charge in [-0.15, -0.1) is 12.4 Å². The molecule has 1 fully saturated rings. The van der Waals surface area contributed by atoms with E-state index in [-0.39, 0.29) is 12.4 Å². The van der Waals surface area contributed by atoms with Crippen molar-refractivity contribution in [2.45, 2.75) is 25.3 Å². The number of anilines is 1. The minimum absolute atomic E-state index is 0. The molecule has 3 heteroatoms. The molecule has 1 atom stereocenters. The molecule has 2 aliphatic rings. The van der Waals surface area contributed by atoms with Gasteiger partial charge in [-0.25, -0.2) is 0 Å². The maximum Gasteiger partial charge on any atom is 0.0415 e. The zero-order valence-corrected chi connectivity index (χ0v) is 10.3. The Hall–Kier alpha value is -0.730. The number of nitrogens with zero attached hydrogens (tertiary/aromatic N) is 1. The molecule has 2 nitrogen and oxygen atoms in total. The number of para-hydroxylation sites is 1. The largest absolute Gasteiger partial charge is 0.367 e. The highest BCUT2D eigenvalue weighted by molar-refractivity contribution is 5.85. The molecule has 1 unspecified atom stereocenters. The van der Waals surface area contributed by atoms with E-state index >= 15 is 0 Å². The van der Waals surface area contributed by atoms with Crippen molar-refractivity contribution in [3.8, 4) is 0 Å². The average molecular weight is 239 g/mol. The smallest absolute Gasteiger partial charge is 0.0415 e. The van der Waals surface area contributed by atoms with Crippen molar-refractivity contribution in [2.75, 3.05) is 24.5 Å². The second-order valence-corrected chi connectivity index (χ2v) is 4.57. The van der Waals surface area contributed by atoms with Crippen LogP contribution in [0.2, 0.25) is 0 Å². The molecule has 16 heavy (non-hydrogen) atoms. The van der Waals surface area contributed by atoms with Crippen LogP contribution < -0.4 is 10.2 Å². The lowest BCUT2D eigenvalue weighted by Gasteiger charge is -2.33. The number of rotatable bonds is 1. The number of fused-ring (bicyclic) bond motifs is 1. The van der Waals surface area contributed by atoms with E-state index in [0.717, 1.165) is 12.6 Å². The van der Waals surface area contributed by atoms with Gasteiger partial charge in [-0.2, -0.15) is 0 Å². The van der Waals surface area contributed by atoms with Gasteiger partial charge >= 0.3 is 0 Å². The fourth-order valence-electron chi connectivity index (χ4n) is 2.84. The highest BCUT2D eigenvalue weighted by atomic mass is 35.5. The Morgan fingerprint density at radius 2 is 2.12 bits per heavy atom. The number of nitrogens with one attached hydrogen (secondary N) is 1. The lowest BCUT2D eigenvalue weighted by molar-refractivity contribution is 0.437. The summed E-state index contributed by atoms with van der Waals surface area (Å²) in [7, 11) is 0. The molecule has 0 bridgehead atoms. The minimum atomic E-state index is 0. The molecule has 1 aromatic carbocycles. The summed E-state index contributed by atoms with van der Waals surface area (Å²) in [5.41, 5.74) is 3.01. The van der Waals surface area contributed by atoms with E-state index < -0.39 is 0 Å². The van der Waals surface area contributed by atoms with Crippen molar-refractivity contribution in [3.05, 3.63) is 29.8 Å². The highest BCUT2D eigenvalue weighted by Gasteiger charge is 2.26. The number of piperidine rings is 1. The van der Waals surface area contributed by atoms with Gasteiger partial charge in [0.1, 0.15) is 0 Å². The monoisotopic (exact) mass is 238 g/mol. The Labute approximate surface area is 103 Å². The molecule has 1 aromatic rings. The minimum Gasteiger partial charge on any atom is -0.367 e. The molecule has 1 saturated heterocycles. The number of hydrogen-bond acceptors (Lipinski definition) is 2. The van der Waals surface area contributed by atoms with E-state index in [9.17, 15) is 0 Å². The van der Waals surface area contributed by atoms with Gasteiger partial charge in [-0.05, 0) is 37.4 Å². The molecule has 0 amide bonds. The van der Waals surface area contributed by atoms with Gasteiger partial charge in [0.05, 0.1) is 0 Å². The van der Waals surface area contributed by atoms with Gasteiger partial charge in [0.25, 0.3) is 0 Å². The fraction of sp³-hybridized carbons (Fsp3) is 0.538. The lowest BCUT2D eigenvalue weighted by atomic mass is 10.1. The molecular formula is C13H19ClN2. The Bertz CT molecular complexity index is 348. The Morgan fingerprint density at radius 3 is 2.94 bits per heavy atom. The first-order chi connectivity index (χ1) is 7.45. The zero-order valence-electron chi connectivity index (χ0n) is 9.48. The SMILES string of the molecule is Cl.c1ccc2c(c1)CCN2C1CCCNC1. The van der Waals surface area contributed by atoms with Crippen LogP contribution in [-0.4, -0.2) is 25.7 Å². The maximum atomic E-state index is 3.50. The number of hydrogen-bond donors (Lipinski definition) is 1. The summed E-state index contributed by atoms with van der Waals surface area (Å²) in [4.78, 5) is 2.60. The van der Waals surface area contributed by atoms with Gasteiger partial charge < -0.3 is 10.2 Å². The Morgan fingerprint density at radius 1 is 1.25 bits per heavy atom. The molecule has 0 spiro atoms. The molecule has 0 radical (unpaired) electrons. The van der Waals surface area contributed by atoms with E-state index in [4.69, 9.17) is 0 Å². The molecule has 0 aliphatic carbocycles. The van der Waals surface area contributed by atoms with Crippen LogP contribution in [0.4, 0.5) is 5.69 Å². The van der Waals surface area contributed by atoms with E-state index in [1.807, 2.05) is 0 Å². The van der Waals surface area contributed by atoms with Gasteiger partial charge in [-0.1, -0.05) is 18.2 Å². The first-order valence-electron chi connectivity index (χ1n) is 6.00. The second-order valence-electron chi connectivity index (χ2n) is 4.57. The number of benzene rings is 1. The predicted octanol–water partition coefficient (Wildman–Crippen LogP) is 2.22. The maximum absolute atomic E-state index is 3.50. The summed E-state index contributed by atoms with van der Waals surface area (Å²) in [5.74, 6) is 0. The van der Waals surface area contributed by atoms with Crippen molar-refractivity contribution in [2.24, 2.45) is 0 Å². The summed E-state index contributed by atoms with van der Waals surface area (Å²) >= 11 is 0. The van der Waals surface area contributed by atoms with Gasteiger partial charge in [0, 0.05) is 24.8 Å². The first-order valence-corrected chi connectivity index (χ1v) is 6.00. The van der Waals surface area contributed by atoms with E-state index in [1.54, 1.807) is 0 Å². The molecule has 1 N–H and O–H groups in total. The van der Waals surface area contributed by atoms with Gasteiger partial charge in [0.15, 0.2) is 0 Å². The summed E-state index contributed by atoms with van der Waals surface area (Å²) in [5, 5.41) is 3.50. The van der Waals surface area contributed by atoms with Crippen molar-refractivity contribution in [1.29, 1.82) is 0 Å². The standard InChI is InChI=1S/C13H18N2.ClH/c1-2-6-13-11(4-1)7-9-15(13)12-5-3-8-14-10-12;/h1-2,4,6,12,14H,3,5,7-10H2;1H. The molecule has 2 aliphatic heterocycles. The first kappa shape index (κ1) is 11.7. The van der Waals surface area contributed by atoms with Crippen molar-refractivity contribution in [1.82, 2.24) is 5.32 Å². The molecular weight excluding hydrogens is 220 g/mol. The second kappa shape index (κ2) is 5.07. The quantitative estimate of drug-likeness (QED) is 0.807. The zero-order chi connectivity index (χ0) is 10.1. The molecule has 3 rings (SSSR count). The molecule has 88 valence electrons. The van der Waals surface area contributed by atoms with E-state index in [2.05, 4.69) is 34.5 Å². The van der Waals surface area contributed by atoms with Crippen molar-refractivity contribution < 1.29 is 0 Å². The summed E-state index contributed by atoms with van der Waals surface area (Å²) in [6.07, 6.45) is 3.90. The van der Waals surface area contributed by atoms with Gasteiger partial charge in [0.2, 0.25) is 0 Å². The third-order valence-electron chi connectivity index (χ3n) is 3.63. The van der Waals surface area contributed by atoms with Crippen LogP contribution in [0.15, 0.2) is 24.3 Å². The normalized spacial score (nSPS) is 23.8. The molecule has 0 saturated carbocycles. The van der Waals surface area contributed by atoms with Crippen LogP contribution in [0.1, 0.15) is 18.4 Å². The summed E-state index contributed by atoms with van der Waals surface area (Å²) < 4.78 is 0. The summed E-state index contributed by atoms with van der Waals surface area (Å²) in [6.45, 7) is 3.58. The van der Waals surface area contributed by atoms with E-state index in [1.165, 1.54) is 43.6 Å². The topological polar surface area (TPSA) is 15.3 Å². The Kier molecular flexibility index (Phi) is 3.72. The van der Waals surface area contributed by atoms with Crippen molar-refractivity contribution >= 4 is 18.1 Å². The van der Waals surface area contributed by atoms with Gasteiger partial charge in [-0.3, -0.25) is 0 Å². The van der Waals surface area contributed by atoms with Crippen LogP contribution in [0, 0.1) is 0 Å². The lowest BCUT2D eigenvalue weighted by Crippen LogP contribution is -2.45. The van der Waals surface area contributed by atoms with Crippen LogP contribution in [0.5, 0.6) is 0 Å². The molecule has 0 aromatic heterocycles. The van der Waals surface area contributed by atoms with Crippen LogP contribution in [0.3, 0.4) is 0 Å².